The highest BCUT2D eigenvalue weighted by Gasteiger charge is 2.29. The summed E-state index contributed by atoms with van der Waals surface area (Å²) in [7, 11) is -3.52. The number of carbonyl (C=O) groups excluding carboxylic acids is 1. The van der Waals surface area contributed by atoms with Crippen molar-refractivity contribution in [3.05, 3.63) is 11.8 Å². The lowest BCUT2D eigenvalue weighted by Crippen LogP contribution is -2.44. The normalized spacial score (nSPS) is 20.8. The molecule has 0 bridgehead atoms. The molecule has 110 valence electrons. The lowest BCUT2D eigenvalue weighted by Gasteiger charge is -2.33. The molecule has 1 atom stereocenters. The Hall–Kier alpha value is -1.24. The van der Waals surface area contributed by atoms with Crippen LogP contribution in [-0.2, 0) is 19.0 Å². The van der Waals surface area contributed by atoms with Crippen LogP contribution in [0, 0.1) is 0 Å². The van der Waals surface area contributed by atoms with Gasteiger partial charge in [0.2, 0.25) is 0 Å². The molecule has 0 N–H and O–H groups in total. The van der Waals surface area contributed by atoms with Crippen LogP contribution in [-0.4, -0.2) is 43.9 Å². The van der Waals surface area contributed by atoms with Gasteiger partial charge in [-0.25, -0.2) is 4.79 Å². The third-order valence-electron chi connectivity index (χ3n) is 2.43. The number of ether oxygens (including phenoxy) is 1. The molecule has 1 aliphatic rings. The molecule has 0 radical (unpaired) electrons. The zero-order valence-corrected chi connectivity index (χ0v) is 12.8. The Kier molecular flexibility index (Phi) is 4.50. The van der Waals surface area contributed by atoms with E-state index in [1.807, 2.05) is 6.92 Å². The molecule has 6 nitrogen and oxygen atoms in total. The maximum atomic E-state index is 11.9. The minimum absolute atomic E-state index is 0.170. The maximum Gasteiger partial charge on any atom is 0.410 e. The van der Waals surface area contributed by atoms with Gasteiger partial charge >= 0.3 is 16.2 Å². The van der Waals surface area contributed by atoms with Gasteiger partial charge in [-0.15, -0.1) is 0 Å². The third kappa shape index (κ3) is 5.50. The first-order valence-electron chi connectivity index (χ1n) is 6.06. The Balaban J connectivity index is 2.70. The lowest BCUT2D eigenvalue weighted by molar-refractivity contribution is 0.0180. The van der Waals surface area contributed by atoms with Gasteiger partial charge in [0.25, 0.3) is 0 Å². The van der Waals surface area contributed by atoms with E-state index in [0.717, 1.165) is 6.26 Å². The number of amides is 1. The zero-order chi connectivity index (χ0) is 14.8. The van der Waals surface area contributed by atoms with Crippen LogP contribution in [0.4, 0.5) is 4.79 Å². The van der Waals surface area contributed by atoms with Crippen molar-refractivity contribution in [1.29, 1.82) is 0 Å². The van der Waals surface area contributed by atoms with Crippen molar-refractivity contribution >= 4 is 16.2 Å². The van der Waals surface area contributed by atoms with E-state index < -0.39 is 21.8 Å². The molecule has 1 amide bonds. The molecule has 0 aliphatic carbocycles. The van der Waals surface area contributed by atoms with Gasteiger partial charge < -0.3 is 13.8 Å². The molecule has 1 heterocycles. The molecule has 1 aliphatic heterocycles. The highest BCUT2D eigenvalue weighted by atomic mass is 32.2. The summed E-state index contributed by atoms with van der Waals surface area (Å²) in [6, 6.07) is -0.170. The second kappa shape index (κ2) is 5.40. The predicted octanol–water partition coefficient (Wildman–Crippen LogP) is 1.88. The van der Waals surface area contributed by atoms with Gasteiger partial charge in [0.1, 0.15) is 11.4 Å². The molecular formula is C12H21NO5S. The first kappa shape index (κ1) is 15.8. The summed E-state index contributed by atoms with van der Waals surface area (Å²) in [6.45, 7) is 7.50. The lowest BCUT2D eigenvalue weighted by atomic mass is 10.1. The van der Waals surface area contributed by atoms with Crippen molar-refractivity contribution in [2.24, 2.45) is 0 Å². The van der Waals surface area contributed by atoms with Crippen molar-refractivity contribution in [2.45, 2.75) is 45.8 Å². The van der Waals surface area contributed by atoms with Crippen molar-refractivity contribution in [3.63, 3.8) is 0 Å². The fourth-order valence-electron chi connectivity index (χ4n) is 1.70. The summed E-state index contributed by atoms with van der Waals surface area (Å²) in [5.41, 5.74) is -0.552. The van der Waals surface area contributed by atoms with Gasteiger partial charge in [0.15, 0.2) is 0 Å². The molecular weight excluding hydrogens is 270 g/mol. The minimum Gasteiger partial charge on any atom is -0.444 e. The standard InChI is InChI=1S/C12H21NO5S/c1-9-8-10(18-19(5,15)16)6-7-13(9)11(14)17-12(2,3)4/h6,9H,7-8H2,1-5H3/t9-/m0/s1. The van der Waals surface area contributed by atoms with Gasteiger partial charge in [0, 0.05) is 19.0 Å². The molecule has 0 saturated heterocycles. The number of carbonyl (C=O) groups is 1. The van der Waals surface area contributed by atoms with Crippen LogP contribution in [0.2, 0.25) is 0 Å². The van der Waals surface area contributed by atoms with Crippen LogP contribution >= 0.6 is 0 Å². The third-order valence-corrected chi connectivity index (χ3v) is 2.95. The van der Waals surface area contributed by atoms with Crippen LogP contribution in [0.25, 0.3) is 0 Å². The maximum absolute atomic E-state index is 11.9. The topological polar surface area (TPSA) is 72.9 Å². The molecule has 0 spiro atoms. The Morgan fingerprint density at radius 3 is 2.42 bits per heavy atom. The SMILES string of the molecule is C[C@H]1CC(OS(C)(=O)=O)=CCN1C(=O)OC(C)(C)C. The second-order valence-corrected chi connectivity index (χ2v) is 7.22. The Morgan fingerprint density at radius 2 is 2.00 bits per heavy atom. The van der Waals surface area contributed by atoms with E-state index in [-0.39, 0.29) is 12.6 Å². The molecule has 0 unspecified atom stereocenters. The fourth-order valence-corrected chi connectivity index (χ4v) is 2.23. The number of hydrogen-bond donors (Lipinski definition) is 0. The molecule has 0 fully saturated rings. The van der Waals surface area contributed by atoms with Crippen LogP contribution < -0.4 is 0 Å². The van der Waals surface area contributed by atoms with Gasteiger partial charge in [-0.3, -0.25) is 0 Å². The van der Waals surface area contributed by atoms with Gasteiger partial charge in [0.05, 0.1) is 6.26 Å². The smallest absolute Gasteiger partial charge is 0.410 e. The molecule has 1 rings (SSSR count). The Bertz CT molecular complexity index is 475. The second-order valence-electron chi connectivity index (χ2n) is 5.64. The summed E-state index contributed by atoms with van der Waals surface area (Å²) in [5, 5.41) is 0. The molecule has 0 aromatic carbocycles. The van der Waals surface area contributed by atoms with Crippen LogP contribution in [0.5, 0.6) is 0 Å². The van der Waals surface area contributed by atoms with E-state index in [4.69, 9.17) is 8.92 Å². The summed E-state index contributed by atoms with van der Waals surface area (Å²) in [4.78, 5) is 13.5. The largest absolute Gasteiger partial charge is 0.444 e. The van der Waals surface area contributed by atoms with E-state index in [0.29, 0.717) is 12.2 Å². The van der Waals surface area contributed by atoms with Crippen molar-refractivity contribution in [3.8, 4) is 0 Å². The number of hydrogen-bond acceptors (Lipinski definition) is 5. The average Bonchev–Trinajstić information content (AvgIpc) is 2.11. The molecule has 0 aromatic rings. The molecule has 7 heteroatoms. The summed E-state index contributed by atoms with van der Waals surface area (Å²) in [5.74, 6) is 0.370. The van der Waals surface area contributed by atoms with E-state index in [9.17, 15) is 13.2 Å². The Labute approximate surface area is 114 Å². The Morgan fingerprint density at radius 1 is 1.42 bits per heavy atom. The van der Waals surface area contributed by atoms with Crippen LogP contribution in [0.3, 0.4) is 0 Å². The zero-order valence-electron chi connectivity index (χ0n) is 12.0. The van der Waals surface area contributed by atoms with Crippen LogP contribution in [0.1, 0.15) is 34.1 Å². The first-order chi connectivity index (χ1) is 8.48. The van der Waals surface area contributed by atoms with Crippen molar-refractivity contribution in [1.82, 2.24) is 4.90 Å². The summed E-state index contributed by atoms with van der Waals surface area (Å²) >= 11 is 0. The quantitative estimate of drug-likeness (QED) is 0.726. The van der Waals surface area contributed by atoms with Crippen molar-refractivity contribution in [2.75, 3.05) is 12.8 Å². The van der Waals surface area contributed by atoms with E-state index >= 15 is 0 Å². The minimum atomic E-state index is -3.52. The van der Waals surface area contributed by atoms with Crippen molar-refractivity contribution < 1.29 is 22.1 Å². The average molecular weight is 291 g/mol. The van der Waals surface area contributed by atoms with Crippen LogP contribution in [0.15, 0.2) is 11.8 Å². The van der Waals surface area contributed by atoms with E-state index in [1.54, 1.807) is 31.7 Å². The number of nitrogens with zero attached hydrogens (tertiary/aromatic N) is 1. The van der Waals surface area contributed by atoms with Gasteiger partial charge in [-0.2, -0.15) is 8.42 Å². The van der Waals surface area contributed by atoms with E-state index in [2.05, 4.69) is 0 Å². The van der Waals surface area contributed by atoms with E-state index in [1.165, 1.54) is 0 Å². The first-order valence-corrected chi connectivity index (χ1v) is 7.88. The molecule has 0 aromatic heterocycles. The van der Waals surface area contributed by atoms with Gasteiger partial charge in [-0.1, -0.05) is 0 Å². The summed E-state index contributed by atoms with van der Waals surface area (Å²) in [6.07, 6.45) is 2.53. The fraction of sp³-hybridized carbons (Fsp3) is 0.750. The van der Waals surface area contributed by atoms with Gasteiger partial charge in [-0.05, 0) is 33.8 Å². The summed E-state index contributed by atoms with van der Waals surface area (Å²) < 4.78 is 32.2. The highest BCUT2D eigenvalue weighted by molar-refractivity contribution is 7.86. The highest BCUT2D eigenvalue weighted by Crippen LogP contribution is 2.22. The predicted molar refractivity (Wildman–Crippen MR) is 71.0 cm³/mol. The number of rotatable bonds is 2. The monoisotopic (exact) mass is 291 g/mol. The molecule has 19 heavy (non-hydrogen) atoms. The molecule has 0 saturated carbocycles.